The van der Waals surface area contributed by atoms with Crippen LogP contribution in [-0.4, -0.2) is 33.9 Å². The molecule has 2 aromatic carbocycles. The Morgan fingerprint density at radius 3 is 2.44 bits per heavy atom. The molecular formula is C28H30N4O2. The van der Waals surface area contributed by atoms with Gasteiger partial charge in [-0.25, -0.2) is 9.97 Å². The highest BCUT2D eigenvalue weighted by atomic mass is 16.5. The minimum absolute atomic E-state index is 0.0459. The Hall–Kier alpha value is -3.67. The second kappa shape index (κ2) is 9.29. The van der Waals surface area contributed by atoms with Crippen molar-refractivity contribution in [2.24, 2.45) is 5.41 Å². The third kappa shape index (κ3) is 4.40. The van der Waals surface area contributed by atoms with Gasteiger partial charge in [0.2, 0.25) is 5.91 Å². The van der Waals surface area contributed by atoms with Gasteiger partial charge in [0.25, 0.3) is 0 Å². The third-order valence-electron chi connectivity index (χ3n) is 7.39. The Morgan fingerprint density at radius 1 is 1.03 bits per heavy atom. The van der Waals surface area contributed by atoms with Crippen molar-refractivity contribution < 1.29 is 9.53 Å². The smallest absolute Gasteiger partial charge is 0.245 e. The SMILES string of the molecule is C=CC(=O)N1CCC2(CCC(c3ncnc(N)c3-c3ccc(Oc4ccccc4)cc3)CC2)C1. The Kier molecular flexibility index (Phi) is 6.05. The van der Waals surface area contributed by atoms with Crippen LogP contribution in [0, 0.1) is 5.41 Å². The van der Waals surface area contributed by atoms with E-state index in [-0.39, 0.29) is 11.3 Å². The lowest BCUT2D eigenvalue weighted by Crippen LogP contribution is -2.33. The molecule has 6 nitrogen and oxygen atoms in total. The molecule has 0 atom stereocenters. The number of nitrogens with zero attached hydrogens (tertiary/aromatic N) is 3. The highest BCUT2D eigenvalue weighted by Gasteiger charge is 2.42. The summed E-state index contributed by atoms with van der Waals surface area (Å²) in [7, 11) is 0. The van der Waals surface area contributed by atoms with Crippen molar-refractivity contribution in [3.8, 4) is 22.6 Å². The number of carbonyl (C=O) groups excluding carboxylic acids is 1. The van der Waals surface area contributed by atoms with Crippen LogP contribution in [0.15, 0.2) is 73.6 Å². The zero-order valence-electron chi connectivity index (χ0n) is 19.3. The van der Waals surface area contributed by atoms with E-state index in [1.54, 1.807) is 6.33 Å². The minimum atomic E-state index is 0.0459. The van der Waals surface area contributed by atoms with Crippen LogP contribution in [0.1, 0.15) is 43.7 Å². The highest BCUT2D eigenvalue weighted by Crippen LogP contribution is 2.49. The first-order valence-corrected chi connectivity index (χ1v) is 11.9. The van der Waals surface area contributed by atoms with Crippen LogP contribution in [0.3, 0.4) is 0 Å². The maximum atomic E-state index is 12.1. The van der Waals surface area contributed by atoms with Crippen molar-refractivity contribution in [1.29, 1.82) is 0 Å². The maximum absolute atomic E-state index is 12.1. The molecule has 1 spiro atoms. The predicted molar refractivity (Wildman–Crippen MR) is 133 cm³/mol. The topological polar surface area (TPSA) is 81.3 Å². The zero-order chi connectivity index (χ0) is 23.5. The molecule has 1 aromatic heterocycles. The van der Waals surface area contributed by atoms with Gasteiger partial charge in [0, 0.05) is 24.6 Å². The Bertz CT molecular complexity index is 1170. The van der Waals surface area contributed by atoms with Crippen LogP contribution >= 0.6 is 0 Å². The van der Waals surface area contributed by atoms with Gasteiger partial charge in [0.05, 0.1) is 5.69 Å². The summed E-state index contributed by atoms with van der Waals surface area (Å²) in [5.41, 5.74) is 9.54. The summed E-state index contributed by atoms with van der Waals surface area (Å²) < 4.78 is 5.94. The molecule has 3 aromatic rings. The van der Waals surface area contributed by atoms with Gasteiger partial charge >= 0.3 is 0 Å². The molecule has 0 radical (unpaired) electrons. The average molecular weight is 455 g/mol. The van der Waals surface area contributed by atoms with E-state index < -0.39 is 0 Å². The lowest BCUT2D eigenvalue weighted by molar-refractivity contribution is -0.125. The number of ether oxygens (including phenoxy) is 1. The molecule has 1 aliphatic carbocycles. The molecule has 2 fully saturated rings. The Morgan fingerprint density at radius 2 is 1.74 bits per heavy atom. The Labute approximate surface area is 200 Å². The van der Waals surface area contributed by atoms with Gasteiger partial charge in [-0.15, -0.1) is 0 Å². The van der Waals surface area contributed by atoms with Gasteiger partial charge in [0.15, 0.2) is 0 Å². The van der Waals surface area contributed by atoms with Gasteiger partial charge in [-0.2, -0.15) is 0 Å². The molecule has 6 heteroatoms. The standard InChI is InChI=1S/C28H30N4O2/c1-2-24(33)32-17-16-28(18-32)14-12-21(13-15-28)26-25(27(29)31-19-30-26)20-8-10-23(11-9-20)34-22-6-4-3-5-7-22/h2-11,19,21H,1,12-18H2,(H2,29,30,31). The summed E-state index contributed by atoms with van der Waals surface area (Å²) in [6.07, 6.45) is 8.32. The quantitative estimate of drug-likeness (QED) is 0.509. The number of carbonyl (C=O) groups is 1. The number of aromatic nitrogens is 2. The number of amides is 1. The minimum Gasteiger partial charge on any atom is -0.457 e. The summed E-state index contributed by atoms with van der Waals surface area (Å²) in [5, 5.41) is 0. The number of likely N-dealkylation sites (tertiary alicyclic amines) is 1. The normalized spacial score (nSPS) is 22.0. The number of anilines is 1. The summed E-state index contributed by atoms with van der Waals surface area (Å²) in [5.74, 6) is 2.45. The van der Waals surface area contributed by atoms with Gasteiger partial charge in [-0.1, -0.05) is 36.9 Å². The summed E-state index contributed by atoms with van der Waals surface area (Å²) in [6, 6.07) is 17.7. The van der Waals surface area contributed by atoms with Gasteiger partial charge in [-0.05, 0) is 73.4 Å². The van der Waals surface area contributed by atoms with Crippen molar-refractivity contribution >= 4 is 11.7 Å². The van der Waals surface area contributed by atoms with E-state index in [0.29, 0.717) is 11.7 Å². The second-order valence-electron chi connectivity index (χ2n) is 9.45. The predicted octanol–water partition coefficient (Wildman–Crippen LogP) is 5.58. The molecule has 1 amide bonds. The summed E-state index contributed by atoms with van der Waals surface area (Å²) >= 11 is 0. The van der Waals surface area contributed by atoms with E-state index in [1.807, 2.05) is 59.5 Å². The average Bonchev–Trinajstić information content (AvgIpc) is 3.29. The number of nitrogens with two attached hydrogens (primary N) is 1. The lowest BCUT2D eigenvalue weighted by atomic mass is 9.68. The molecular weight excluding hydrogens is 424 g/mol. The fourth-order valence-electron chi connectivity index (χ4n) is 5.50. The van der Waals surface area contributed by atoms with Crippen molar-refractivity contribution in [3.63, 3.8) is 0 Å². The molecule has 0 unspecified atom stereocenters. The number of para-hydroxylation sites is 1. The zero-order valence-corrected chi connectivity index (χ0v) is 19.3. The van der Waals surface area contributed by atoms with Crippen molar-refractivity contribution in [1.82, 2.24) is 14.9 Å². The third-order valence-corrected chi connectivity index (χ3v) is 7.39. The first-order chi connectivity index (χ1) is 16.6. The monoisotopic (exact) mass is 454 g/mol. The highest BCUT2D eigenvalue weighted by molar-refractivity contribution is 5.87. The van der Waals surface area contributed by atoms with Gasteiger partial charge < -0.3 is 15.4 Å². The second-order valence-corrected chi connectivity index (χ2v) is 9.45. The van der Waals surface area contributed by atoms with E-state index >= 15 is 0 Å². The fourth-order valence-corrected chi connectivity index (χ4v) is 5.50. The van der Waals surface area contributed by atoms with Crippen LogP contribution in [-0.2, 0) is 4.79 Å². The molecule has 2 N–H and O–H groups in total. The van der Waals surface area contributed by atoms with Gasteiger partial charge in [-0.3, -0.25) is 4.79 Å². The van der Waals surface area contributed by atoms with Crippen molar-refractivity contribution in [2.45, 2.75) is 38.0 Å². The number of hydrogen-bond acceptors (Lipinski definition) is 5. The number of rotatable bonds is 5. The van der Waals surface area contributed by atoms with Crippen LogP contribution in [0.25, 0.3) is 11.1 Å². The molecule has 1 saturated heterocycles. The molecule has 1 saturated carbocycles. The first-order valence-electron chi connectivity index (χ1n) is 11.9. The van der Waals surface area contributed by atoms with Crippen LogP contribution in [0.2, 0.25) is 0 Å². The maximum Gasteiger partial charge on any atom is 0.245 e. The largest absolute Gasteiger partial charge is 0.457 e. The first kappa shape index (κ1) is 22.1. The molecule has 5 rings (SSSR count). The Balaban J connectivity index is 1.33. The van der Waals surface area contributed by atoms with Crippen molar-refractivity contribution in [3.05, 3.63) is 79.3 Å². The summed E-state index contributed by atoms with van der Waals surface area (Å²) in [4.78, 5) is 23.0. The number of nitrogen functional groups attached to an aromatic ring is 1. The molecule has 0 bridgehead atoms. The van der Waals surface area contributed by atoms with Gasteiger partial charge in [0.1, 0.15) is 23.6 Å². The van der Waals surface area contributed by atoms with E-state index in [1.165, 1.54) is 6.08 Å². The molecule has 2 aliphatic rings. The summed E-state index contributed by atoms with van der Waals surface area (Å²) in [6.45, 7) is 5.31. The van der Waals surface area contributed by atoms with Crippen LogP contribution in [0.5, 0.6) is 11.5 Å². The van der Waals surface area contributed by atoms with E-state index in [2.05, 4.69) is 11.6 Å². The molecule has 1 aliphatic heterocycles. The van der Waals surface area contributed by atoms with Crippen LogP contribution in [0.4, 0.5) is 5.82 Å². The molecule has 174 valence electrons. The lowest BCUT2D eigenvalue weighted by Gasteiger charge is -2.37. The van der Waals surface area contributed by atoms with E-state index in [9.17, 15) is 4.79 Å². The number of hydrogen-bond donors (Lipinski definition) is 1. The van der Waals surface area contributed by atoms with Crippen molar-refractivity contribution in [2.75, 3.05) is 18.8 Å². The fraction of sp³-hybridized carbons (Fsp3) is 0.321. The van der Waals surface area contributed by atoms with Crippen LogP contribution < -0.4 is 10.5 Å². The van der Waals surface area contributed by atoms with E-state index in [4.69, 9.17) is 15.5 Å². The molecule has 2 heterocycles. The number of benzene rings is 2. The van der Waals surface area contributed by atoms with E-state index in [0.717, 1.165) is 73.5 Å². The molecule has 34 heavy (non-hydrogen) atoms.